The highest BCUT2D eigenvalue weighted by molar-refractivity contribution is 5.86. The van der Waals surface area contributed by atoms with Gasteiger partial charge in [-0.15, -0.1) is 0 Å². The number of hydrogen-bond donors (Lipinski definition) is 4. The summed E-state index contributed by atoms with van der Waals surface area (Å²) in [5.74, 6) is 0. The van der Waals surface area contributed by atoms with Crippen LogP contribution in [0.5, 0.6) is 0 Å². The van der Waals surface area contributed by atoms with Gasteiger partial charge < -0.3 is 22.5 Å². The van der Waals surface area contributed by atoms with E-state index in [1.807, 2.05) is 48.5 Å². The molecule has 7 N–H and O–H groups in total. The average molecular weight is 434 g/mol. The molecule has 0 amide bonds. The van der Waals surface area contributed by atoms with Crippen LogP contribution < -0.4 is 22.5 Å². The standard InChI is InChI=1S/C25H21F3N4/c26-25(27,28)18-12-21(31)14-22(13-18)32-24-11-16(15-3-1-5-19(29)9-15)7-8-23(24)17-4-2-6-20(30)10-17/h1-14,32H,29-31H2. The first kappa shape index (κ1) is 21.1. The van der Waals surface area contributed by atoms with Gasteiger partial charge in [0.1, 0.15) is 0 Å². The van der Waals surface area contributed by atoms with Crippen LogP contribution in [0.2, 0.25) is 0 Å². The van der Waals surface area contributed by atoms with Gasteiger partial charge in [-0.1, -0.05) is 36.4 Å². The van der Waals surface area contributed by atoms with Gasteiger partial charge in [0.2, 0.25) is 0 Å². The van der Waals surface area contributed by atoms with E-state index in [1.54, 1.807) is 18.2 Å². The van der Waals surface area contributed by atoms with Crippen molar-refractivity contribution in [2.45, 2.75) is 6.18 Å². The van der Waals surface area contributed by atoms with E-state index in [9.17, 15) is 13.2 Å². The number of anilines is 5. The summed E-state index contributed by atoms with van der Waals surface area (Å²) in [6.07, 6.45) is -4.51. The number of nitrogens with one attached hydrogen (secondary N) is 1. The summed E-state index contributed by atoms with van der Waals surface area (Å²) in [7, 11) is 0. The summed E-state index contributed by atoms with van der Waals surface area (Å²) in [6, 6.07) is 23.8. The third kappa shape index (κ3) is 4.62. The maximum atomic E-state index is 13.3. The Labute approximate surface area is 183 Å². The molecule has 0 saturated heterocycles. The summed E-state index contributed by atoms with van der Waals surface area (Å²) in [4.78, 5) is 0. The molecule has 0 saturated carbocycles. The molecule has 4 aromatic carbocycles. The lowest BCUT2D eigenvalue weighted by Crippen LogP contribution is -2.07. The molecular weight excluding hydrogens is 413 g/mol. The van der Waals surface area contributed by atoms with Crippen molar-refractivity contribution in [2.24, 2.45) is 0 Å². The van der Waals surface area contributed by atoms with Crippen LogP contribution in [-0.2, 0) is 6.18 Å². The van der Waals surface area contributed by atoms with Gasteiger partial charge in [-0.2, -0.15) is 13.2 Å². The number of halogens is 3. The zero-order valence-electron chi connectivity index (χ0n) is 16.9. The molecule has 7 heteroatoms. The van der Waals surface area contributed by atoms with Crippen molar-refractivity contribution in [3.8, 4) is 22.3 Å². The minimum Gasteiger partial charge on any atom is -0.399 e. The Bertz CT molecular complexity index is 1280. The second-order valence-electron chi connectivity index (χ2n) is 7.48. The van der Waals surface area contributed by atoms with E-state index < -0.39 is 11.7 Å². The van der Waals surface area contributed by atoms with E-state index in [1.165, 1.54) is 6.07 Å². The summed E-state index contributed by atoms with van der Waals surface area (Å²) in [6.45, 7) is 0. The second-order valence-corrected chi connectivity index (χ2v) is 7.48. The van der Waals surface area contributed by atoms with Gasteiger partial charge in [-0.05, 0) is 65.2 Å². The molecule has 0 aliphatic carbocycles. The Morgan fingerprint density at radius 1 is 0.594 bits per heavy atom. The smallest absolute Gasteiger partial charge is 0.399 e. The molecule has 0 aliphatic rings. The topological polar surface area (TPSA) is 90.1 Å². The van der Waals surface area contributed by atoms with Crippen LogP contribution in [0.1, 0.15) is 5.56 Å². The van der Waals surface area contributed by atoms with Crippen molar-refractivity contribution >= 4 is 28.4 Å². The van der Waals surface area contributed by atoms with E-state index in [0.29, 0.717) is 17.1 Å². The molecule has 4 nitrogen and oxygen atoms in total. The second kappa shape index (κ2) is 8.19. The molecule has 0 spiro atoms. The van der Waals surface area contributed by atoms with Crippen molar-refractivity contribution in [3.63, 3.8) is 0 Å². The van der Waals surface area contributed by atoms with Crippen molar-refractivity contribution in [3.05, 3.63) is 90.5 Å². The van der Waals surface area contributed by atoms with Gasteiger partial charge in [0.25, 0.3) is 0 Å². The van der Waals surface area contributed by atoms with E-state index in [4.69, 9.17) is 17.2 Å². The first-order chi connectivity index (χ1) is 15.2. The van der Waals surface area contributed by atoms with Crippen molar-refractivity contribution in [1.82, 2.24) is 0 Å². The molecule has 0 aromatic heterocycles. The summed E-state index contributed by atoms with van der Waals surface area (Å²) >= 11 is 0. The third-order valence-corrected chi connectivity index (χ3v) is 5.00. The van der Waals surface area contributed by atoms with E-state index >= 15 is 0 Å². The maximum absolute atomic E-state index is 13.3. The largest absolute Gasteiger partial charge is 0.416 e. The highest BCUT2D eigenvalue weighted by atomic mass is 19.4. The lowest BCUT2D eigenvalue weighted by molar-refractivity contribution is -0.137. The van der Waals surface area contributed by atoms with Crippen LogP contribution in [0.3, 0.4) is 0 Å². The van der Waals surface area contributed by atoms with Gasteiger partial charge in [-0.3, -0.25) is 0 Å². The zero-order valence-corrected chi connectivity index (χ0v) is 16.9. The van der Waals surface area contributed by atoms with Crippen LogP contribution in [0.15, 0.2) is 84.9 Å². The molecule has 0 atom stereocenters. The number of nitrogen functional groups attached to an aromatic ring is 3. The SMILES string of the molecule is Nc1cccc(-c2ccc(-c3cccc(N)c3)c(Nc3cc(N)cc(C(F)(F)F)c3)c2)c1. The highest BCUT2D eigenvalue weighted by Gasteiger charge is 2.31. The van der Waals surface area contributed by atoms with Crippen molar-refractivity contribution < 1.29 is 13.2 Å². The van der Waals surface area contributed by atoms with Crippen LogP contribution in [0.4, 0.5) is 41.6 Å². The average Bonchev–Trinajstić information content (AvgIpc) is 2.73. The molecule has 4 aromatic rings. The number of alkyl halides is 3. The fourth-order valence-corrected chi connectivity index (χ4v) is 3.55. The minimum absolute atomic E-state index is 0.0137. The maximum Gasteiger partial charge on any atom is 0.416 e. The van der Waals surface area contributed by atoms with Crippen molar-refractivity contribution in [2.75, 3.05) is 22.5 Å². The van der Waals surface area contributed by atoms with Crippen LogP contribution in [0, 0.1) is 0 Å². The lowest BCUT2D eigenvalue weighted by atomic mass is 9.97. The van der Waals surface area contributed by atoms with Gasteiger partial charge in [-0.25, -0.2) is 0 Å². The molecule has 0 unspecified atom stereocenters. The number of nitrogens with two attached hydrogens (primary N) is 3. The summed E-state index contributed by atoms with van der Waals surface area (Å²) in [5.41, 5.74) is 22.2. The monoisotopic (exact) mass is 434 g/mol. The predicted molar refractivity (Wildman–Crippen MR) is 125 cm³/mol. The van der Waals surface area contributed by atoms with E-state index in [0.717, 1.165) is 34.4 Å². The fraction of sp³-hybridized carbons (Fsp3) is 0.0400. The molecule has 162 valence electrons. The molecular formula is C25H21F3N4. The van der Waals surface area contributed by atoms with Crippen LogP contribution in [0.25, 0.3) is 22.3 Å². The van der Waals surface area contributed by atoms with Crippen LogP contribution in [-0.4, -0.2) is 0 Å². The van der Waals surface area contributed by atoms with Gasteiger partial charge in [0, 0.05) is 34.0 Å². The molecule has 4 rings (SSSR count). The Morgan fingerprint density at radius 3 is 1.88 bits per heavy atom. The minimum atomic E-state index is -4.51. The Hall–Kier alpha value is -4.13. The highest BCUT2D eigenvalue weighted by Crippen LogP contribution is 2.38. The number of rotatable bonds is 4. The Balaban J connectivity index is 1.84. The van der Waals surface area contributed by atoms with Gasteiger partial charge >= 0.3 is 6.18 Å². The lowest BCUT2D eigenvalue weighted by Gasteiger charge is -2.17. The van der Waals surface area contributed by atoms with Crippen molar-refractivity contribution in [1.29, 1.82) is 0 Å². The van der Waals surface area contributed by atoms with E-state index in [-0.39, 0.29) is 11.4 Å². The quantitative estimate of drug-likeness (QED) is 0.275. The Kier molecular flexibility index (Phi) is 5.40. The molecule has 0 fully saturated rings. The molecule has 0 bridgehead atoms. The first-order valence-corrected chi connectivity index (χ1v) is 9.80. The number of benzene rings is 4. The molecule has 32 heavy (non-hydrogen) atoms. The number of hydrogen-bond acceptors (Lipinski definition) is 4. The van der Waals surface area contributed by atoms with Crippen LogP contribution >= 0.6 is 0 Å². The molecule has 0 aliphatic heterocycles. The van der Waals surface area contributed by atoms with Gasteiger partial charge in [0.05, 0.1) is 5.56 Å². The van der Waals surface area contributed by atoms with Gasteiger partial charge in [0.15, 0.2) is 0 Å². The predicted octanol–water partition coefficient (Wildman–Crippen LogP) is 6.53. The summed E-state index contributed by atoms with van der Waals surface area (Å²) < 4.78 is 39.9. The molecule has 0 heterocycles. The first-order valence-electron chi connectivity index (χ1n) is 9.80. The third-order valence-electron chi connectivity index (χ3n) is 5.00. The fourth-order valence-electron chi connectivity index (χ4n) is 3.55. The Morgan fingerprint density at radius 2 is 1.22 bits per heavy atom. The summed E-state index contributed by atoms with van der Waals surface area (Å²) in [5, 5.41) is 3.12. The zero-order chi connectivity index (χ0) is 22.9. The molecule has 0 radical (unpaired) electrons. The normalized spacial score (nSPS) is 11.3. The van der Waals surface area contributed by atoms with E-state index in [2.05, 4.69) is 5.32 Å².